The number of hydrogen-bond acceptors (Lipinski definition) is 7. The normalized spacial score (nSPS) is 29.8. The molecule has 2 aromatic carbocycles. The Labute approximate surface area is 236 Å². The average molecular weight is 537 g/mol. The first-order valence-corrected chi connectivity index (χ1v) is 14.5. The highest BCUT2D eigenvalue weighted by molar-refractivity contribution is 5.89. The molecule has 2 saturated heterocycles. The maximum Gasteiger partial charge on any atom is 0.217 e. The average Bonchev–Trinajstić information content (AvgIpc) is 3.20. The predicted octanol–water partition coefficient (Wildman–Crippen LogP) is 7.33. The standard InChI is InChI=1S/C33H36N4O3/c1-2-3-4-5-6-10-19-38-27-15-13-25(14-16-27)29-31(21-34,22-35)32(23-36)28-20-26(24-11-8-7-9-12-24)17-18-33(28,39-29)40-30(32)37/h7-9,11-16,26,28-29,37H,2-6,10,17-20H2,1H3. The lowest BCUT2D eigenvalue weighted by Gasteiger charge is -2.52. The molecular formula is C33H36N4O3. The molecule has 206 valence electrons. The molecule has 1 saturated carbocycles. The van der Waals surface area contributed by atoms with Gasteiger partial charge in [0.1, 0.15) is 11.9 Å². The zero-order valence-electron chi connectivity index (χ0n) is 23.1. The molecule has 7 heteroatoms. The minimum Gasteiger partial charge on any atom is -0.494 e. The van der Waals surface area contributed by atoms with E-state index in [0.29, 0.717) is 30.8 Å². The lowest BCUT2D eigenvalue weighted by atomic mass is 9.50. The fourth-order valence-electron chi connectivity index (χ4n) is 6.98. The number of unbranched alkanes of at least 4 members (excludes halogenated alkanes) is 5. The minimum atomic E-state index is -1.96. The zero-order valence-corrected chi connectivity index (χ0v) is 23.1. The number of nitriles is 3. The molecular weight excluding hydrogens is 500 g/mol. The maximum absolute atomic E-state index is 10.7. The number of benzene rings is 2. The van der Waals surface area contributed by atoms with Crippen LogP contribution in [0.15, 0.2) is 54.6 Å². The summed E-state index contributed by atoms with van der Waals surface area (Å²) in [6.45, 7) is 2.83. The summed E-state index contributed by atoms with van der Waals surface area (Å²) in [5.41, 5.74) is -1.98. The van der Waals surface area contributed by atoms with Crippen molar-refractivity contribution in [3.63, 3.8) is 0 Å². The van der Waals surface area contributed by atoms with Crippen molar-refractivity contribution in [2.24, 2.45) is 16.7 Å². The van der Waals surface area contributed by atoms with Crippen LogP contribution in [-0.2, 0) is 9.47 Å². The molecule has 2 heterocycles. The molecule has 5 atom stereocenters. The first-order valence-electron chi connectivity index (χ1n) is 14.5. The smallest absolute Gasteiger partial charge is 0.217 e. The van der Waals surface area contributed by atoms with Crippen molar-refractivity contribution < 1.29 is 14.2 Å². The van der Waals surface area contributed by atoms with Crippen molar-refractivity contribution >= 4 is 5.90 Å². The van der Waals surface area contributed by atoms with Crippen molar-refractivity contribution in [1.29, 1.82) is 21.2 Å². The van der Waals surface area contributed by atoms with Gasteiger partial charge >= 0.3 is 0 Å². The lowest BCUT2D eigenvalue weighted by molar-refractivity contribution is -0.296. The van der Waals surface area contributed by atoms with Gasteiger partial charge in [-0.15, -0.1) is 0 Å². The highest BCUT2D eigenvalue weighted by Gasteiger charge is 2.81. The largest absolute Gasteiger partial charge is 0.494 e. The predicted molar refractivity (Wildman–Crippen MR) is 149 cm³/mol. The summed E-state index contributed by atoms with van der Waals surface area (Å²) in [5.74, 6) is -1.37. The van der Waals surface area contributed by atoms with Crippen molar-refractivity contribution in [2.45, 2.75) is 82.5 Å². The van der Waals surface area contributed by atoms with E-state index in [0.717, 1.165) is 24.8 Å². The van der Waals surface area contributed by atoms with Crippen LogP contribution in [-0.4, -0.2) is 18.3 Å². The van der Waals surface area contributed by atoms with Crippen molar-refractivity contribution in [1.82, 2.24) is 0 Å². The summed E-state index contributed by atoms with van der Waals surface area (Å²) >= 11 is 0. The van der Waals surface area contributed by atoms with E-state index in [9.17, 15) is 15.8 Å². The van der Waals surface area contributed by atoms with Crippen molar-refractivity contribution in [3.05, 3.63) is 65.7 Å². The van der Waals surface area contributed by atoms with Crippen LogP contribution in [0.4, 0.5) is 0 Å². The molecule has 2 bridgehead atoms. The SMILES string of the molecule is CCCCCCCCOc1ccc(C2OC34CCC(c5ccccc5)CC3C(C#N)(C(=N)O4)C2(C#N)C#N)cc1. The summed E-state index contributed by atoms with van der Waals surface area (Å²) in [4.78, 5) is 0. The molecule has 2 aromatic rings. The second-order valence-corrected chi connectivity index (χ2v) is 11.3. The fourth-order valence-corrected chi connectivity index (χ4v) is 6.98. The van der Waals surface area contributed by atoms with Gasteiger partial charge in [0.25, 0.3) is 0 Å². The van der Waals surface area contributed by atoms with E-state index in [1.54, 1.807) is 12.1 Å². The van der Waals surface area contributed by atoms with Crippen LogP contribution >= 0.6 is 0 Å². The molecule has 2 aliphatic heterocycles. The van der Waals surface area contributed by atoms with Crippen LogP contribution in [0.1, 0.15) is 87.9 Å². The van der Waals surface area contributed by atoms with Crippen LogP contribution in [0.3, 0.4) is 0 Å². The summed E-state index contributed by atoms with van der Waals surface area (Å²) in [7, 11) is 0. The molecule has 40 heavy (non-hydrogen) atoms. The van der Waals surface area contributed by atoms with Crippen LogP contribution in [0.5, 0.6) is 5.75 Å². The Hall–Kier alpha value is -3.86. The second kappa shape index (κ2) is 11.3. The van der Waals surface area contributed by atoms with E-state index in [-0.39, 0.29) is 11.8 Å². The van der Waals surface area contributed by atoms with E-state index >= 15 is 0 Å². The van der Waals surface area contributed by atoms with Crippen LogP contribution in [0, 0.1) is 56.2 Å². The number of rotatable bonds is 10. The molecule has 0 aromatic heterocycles. The van der Waals surface area contributed by atoms with Gasteiger partial charge in [-0.2, -0.15) is 15.8 Å². The maximum atomic E-state index is 10.7. The molecule has 1 aliphatic carbocycles. The summed E-state index contributed by atoms with van der Waals surface area (Å²) < 4.78 is 18.6. The lowest BCUT2D eigenvalue weighted by Crippen LogP contribution is -2.60. The van der Waals surface area contributed by atoms with E-state index in [4.69, 9.17) is 19.6 Å². The van der Waals surface area contributed by atoms with E-state index in [1.165, 1.54) is 25.7 Å². The molecule has 0 spiro atoms. The molecule has 1 N–H and O–H groups in total. The van der Waals surface area contributed by atoms with Gasteiger partial charge in [0.15, 0.2) is 5.41 Å². The fraction of sp³-hybridized carbons (Fsp3) is 0.515. The van der Waals surface area contributed by atoms with Gasteiger partial charge in [0.05, 0.1) is 30.7 Å². The molecule has 0 amide bonds. The van der Waals surface area contributed by atoms with Gasteiger partial charge in [-0.25, -0.2) is 0 Å². The quantitative estimate of drug-likeness (QED) is 0.317. The second-order valence-electron chi connectivity index (χ2n) is 11.3. The van der Waals surface area contributed by atoms with Gasteiger partial charge < -0.3 is 14.2 Å². The summed E-state index contributed by atoms with van der Waals surface area (Å²) in [6, 6.07) is 23.9. The number of nitrogens with zero attached hydrogens (tertiary/aromatic N) is 3. The van der Waals surface area contributed by atoms with Crippen LogP contribution in [0.2, 0.25) is 0 Å². The van der Waals surface area contributed by atoms with E-state index in [1.807, 2.05) is 30.3 Å². The van der Waals surface area contributed by atoms with E-state index < -0.39 is 28.6 Å². The van der Waals surface area contributed by atoms with Gasteiger partial charge in [-0.05, 0) is 48.4 Å². The highest BCUT2D eigenvalue weighted by atomic mass is 16.7. The van der Waals surface area contributed by atoms with Crippen molar-refractivity contribution in [2.75, 3.05) is 6.61 Å². The first kappa shape index (κ1) is 27.7. The third-order valence-corrected chi connectivity index (χ3v) is 9.13. The van der Waals surface area contributed by atoms with E-state index in [2.05, 4.69) is 37.3 Å². The third-order valence-electron chi connectivity index (χ3n) is 9.13. The van der Waals surface area contributed by atoms with Gasteiger partial charge in [-0.1, -0.05) is 81.5 Å². The molecule has 5 unspecified atom stereocenters. The van der Waals surface area contributed by atoms with Crippen molar-refractivity contribution in [3.8, 4) is 24.0 Å². The molecule has 3 fully saturated rings. The number of nitrogens with one attached hydrogen (secondary N) is 1. The minimum absolute atomic E-state index is 0.111. The van der Waals surface area contributed by atoms with Gasteiger partial charge in [-0.3, -0.25) is 5.41 Å². The molecule has 5 rings (SSSR count). The Morgan fingerprint density at radius 3 is 2.27 bits per heavy atom. The Kier molecular flexibility index (Phi) is 7.84. The third kappa shape index (κ3) is 4.32. The monoisotopic (exact) mass is 536 g/mol. The Balaban J connectivity index is 1.41. The Morgan fingerprint density at radius 2 is 1.60 bits per heavy atom. The topological polar surface area (TPSA) is 123 Å². The number of hydrogen-bond donors (Lipinski definition) is 1. The first-order chi connectivity index (χ1) is 19.5. The Morgan fingerprint density at radius 1 is 0.900 bits per heavy atom. The molecule has 3 aliphatic rings. The highest BCUT2D eigenvalue weighted by Crippen LogP contribution is 2.70. The summed E-state index contributed by atoms with van der Waals surface area (Å²) in [6.07, 6.45) is 7.74. The summed E-state index contributed by atoms with van der Waals surface area (Å²) in [5, 5.41) is 40.7. The Bertz CT molecular complexity index is 1320. The van der Waals surface area contributed by atoms with Gasteiger partial charge in [0, 0.05) is 6.42 Å². The molecule has 0 radical (unpaired) electrons. The zero-order chi connectivity index (χ0) is 28.2. The van der Waals surface area contributed by atoms with Crippen LogP contribution in [0.25, 0.3) is 0 Å². The van der Waals surface area contributed by atoms with Gasteiger partial charge in [0.2, 0.25) is 17.1 Å². The number of ether oxygens (including phenoxy) is 3. The molecule has 7 nitrogen and oxygen atoms in total. The van der Waals surface area contributed by atoms with Crippen LogP contribution < -0.4 is 4.74 Å².